The van der Waals surface area contributed by atoms with Crippen LogP contribution in [0.4, 0.5) is 22.0 Å². The van der Waals surface area contributed by atoms with Gasteiger partial charge in [0.1, 0.15) is 0 Å². The molecule has 0 spiro atoms. The normalized spacial score (nSPS) is 13.4. The van der Waals surface area contributed by atoms with Gasteiger partial charge in [-0.3, -0.25) is 9.97 Å². The van der Waals surface area contributed by atoms with Crippen LogP contribution < -0.4 is 21.7 Å². The number of aliphatic hydroxyl groups excluding tert-OH is 2. The largest absolute Gasteiger partial charge is 0.392 e. The summed E-state index contributed by atoms with van der Waals surface area (Å²) in [5.74, 6) is 1.54. The zero-order valence-corrected chi connectivity index (χ0v) is 36.6. The van der Waals surface area contributed by atoms with Gasteiger partial charge < -0.3 is 41.0 Å². The molecule has 16 nitrogen and oxygen atoms in total. The van der Waals surface area contributed by atoms with E-state index in [0.717, 1.165) is 52.1 Å². The number of nitrogens with one attached hydrogen (secondary N) is 3. The highest BCUT2D eigenvalue weighted by Gasteiger charge is 2.19. The number of pyridine rings is 2. The summed E-state index contributed by atoms with van der Waals surface area (Å²) in [5.41, 5.74) is 14.3. The molecule has 59 heavy (non-hydrogen) atoms. The standard InChI is InChI=1S/C21H31N7O.C16H19FN6.C5H13NO/c1-7-17(15(6)29)25-21-26-19(18-20(27-21)28(11-24-18)12(2)3)23-10-16-9-22-14(5)8-13(16)4;1-9(2)23-8-20-13-14(21-16(17)22-15(13)23)19-7-12-6-18-11(4)5-10(12)3;1-3-5(6)4(2)7/h8-9,11-12,15,17,29H,7,10H2,1-6H3,(H2,23,25,26,27);5-6,8-9H,7H2,1-4H3,(H,19,21,22);4-5,7H,3,6H2,1-2H3/t15-,17+;;4-,5+/m1.1/s1. The molecule has 0 saturated carbocycles. The number of halogens is 1. The van der Waals surface area contributed by atoms with E-state index in [2.05, 4.69) is 82.7 Å². The van der Waals surface area contributed by atoms with Crippen LogP contribution in [-0.4, -0.2) is 83.5 Å². The average molecular weight is 815 g/mol. The minimum Gasteiger partial charge on any atom is -0.392 e. The van der Waals surface area contributed by atoms with Crippen LogP contribution in [0.5, 0.6) is 0 Å². The Balaban J connectivity index is 0.000000229. The Hall–Kier alpha value is -5.39. The summed E-state index contributed by atoms with van der Waals surface area (Å²) in [6, 6.07) is 4.28. The highest BCUT2D eigenvalue weighted by atomic mass is 19.1. The number of nitrogens with zero attached hydrogens (tertiary/aromatic N) is 10. The number of anilines is 3. The van der Waals surface area contributed by atoms with E-state index in [0.29, 0.717) is 41.8 Å². The van der Waals surface area contributed by atoms with Crippen molar-refractivity contribution in [2.45, 2.75) is 145 Å². The highest BCUT2D eigenvalue weighted by Crippen LogP contribution is 2.26. The van der Waals surface area contributed by atoms with Crippen molar-refractivity contribution in [3.8, 4) is 0 Å². The number of hydrogen-bond donors (Lipinski definition) is 6. The summed E-state index contributed by atoms with van der Waals surface area (Å²) >= 11 is 0. The van der Waals surface area contributed by atoms with Crippen molar-refractivity contribution in [1.82, 2.24) is 49.0 Å². The quantitative estimate of drug-likeness (QED) is 0.0619. The third-order valence-electron chi connectivity index (χ3n) is 9.96. The maximum absolute atomic E-state index is 13.8. The number of rotatable bonds is 14. The molecule has 7 N–H and O–H groups in total. The Kier molecular flexibility index (Phi) is 16.5. The van der Waals surface area contributed by atoms with Crippen molar-refractivity contribution < 1.29 is 14.6 Å². The van der Waals surface area contributed by atoms with E-state index >= 15 is 0 Å². The summed E-state index contributed by atoms with van der Waals surface area (Å²) in [6.45, 7) is 24.8. The van der Waals surface area contributed by atoms with Crippen LogP contribution in [0.15, 0.2) is 37.2 Å². The molecule has 0 amide bonds. The van der Waals surface area contributed by atoms with Crippen LogP contribution in [0.2, 0.25) is 0 Å². The number of hydrogen-bond acceptors (Lipinski definition) is 14. The molecule has 0 unspecified atom stereocenters. The van der Waals surface area contributed by atoms with Gasteiger partial charge in [-0.05, 0) is 116 Å². The van der Waals surface area contributed by atoms with Gasteiger partial charge in [0.2, 0.25) is 5.95 Å². The van der Waals surface area contributed by atoms with Crippen molar-refractivity contribution in [1.29, 1.82) is 0 Å². The Labute approximate surface area is 346 Å². The SMILES string of the molecule is CC[C@H](N)[C@@H](C)O.CC[C@H](Nc1nc(NCc2cnc(C)cc2C)c2ncn(C(C)C)c2n1)[C@@H](C)O.Cc1cc(C)c(CNc2nc(F)nc3c2ncn3C(C)C)cn1. The molecule has 6 aromatic heterocycles. The van der Waals surface area contributed by atoms with Gasteiger partial charge in [-0.25, -0.2) is 9.97 Å². The molecule has 0 aliphatic rings. The second kappa shape index (κ2) is 21.0. The van der Waals surface area contributed by atoms with Crippen molar-refractivity contribution in [3.63, 3.8) is 0 Å². The molecule has 6 aromatic rings. The third-order valence-corrected chi connectivity index (χ3v) is 9.96. The van der Waals surface area contributed by atoms with Crippen LogP contribution in [0, 0.1) is 33.8 Å². The lowest BCUT2D eigenvalue weighted by molar-refractivity contribution is 0.161. The summed E-state index contributed by atoms with van der Waals surface area (Å²) in [4.78, 5) is 34.6. The van der Waals surface area contributed by atoms with Crippen molar-refractivity contribution >= 4 is 39.9 Å². The first-order valence-corrected chi connectivity index (χ1v) is 20.3. The van der Waals surface area contributed by atoms with Crippen molar-refractivity contribution in [3.05, 3.63) is 76.9 Å². The molecule has 0 fully saturated rings. The Morgan fingerprint density at radius 3 is 1.53 bits per heavy atom. The van der Waals surface area contributed by atoms with E-state index < -0.39 is 12.2 Å². The summed E-state index contributed by atoms with van der Waals surface area (Å²) in [7, 11) is 0. The summed E-state index contributed by atoms with van der Waals surface area (Å²) < 4.78 is 17.6. The predicted molar refractivity (Wildman–Crippen MR) is 233 cm³/mol. The molecule has 0 aliphatic carbocycles. The van der Waals surface area contributed by atoms with Gasteiger partial charge in [0, 0.05) is 55.0 Å². The Morgan fingerprint density at radius 2 is 1.14 bits per heavy atom. The number of aliphatic hydroxyl groups is 2. The van der Waals surface area contributed by atoms with E-state index in [-0.39, 0.29) is 30.3 Å². The maximum atomic E-state index is 13.8. The molecule has 0 bridgehead atoms. The van der Waals surface area contributed by atoms with Gasteiger partial charge in [0.25, 0.3) is 0 Å². The van der Waals surface area contributed by atoms with Gasteiger partial charge in [-0.1, -0.05) is 13.8 Å². The lowest BCUT2D eigenvalue weighted by Gasteiger charge is -2.20. The second-order valence-corrected chi connectivity index (χ2v) is 15.5. The van der Waals surface area contributed by atoms with Gasteiger partial charge in [0.05, 0.1) is 30.9 Å². The Morgan fingerprint density at radius 1 is 0.661 bits per heavy atom. The first-order valence-electron chi connectivity index (χ1n) is 20.3. The minimum absolute atomic E-state index is 0.0417. The second-order valence-electron chi connectivity index (χ2n) is 15.5. The number of aromatic nitrogens is 10. The van der Waals surface area contributed by atoms with Crippen LogP contribution in [-0.2, 0) is 13.1 Å². The summed E-state index contributed by atoms with van der Waals surface area (Å²) in [6.07, 6.45) is 7.15. The lowest BCUT2D eigenvalue weighted by Crippen LogP contribution is -2.31. The number of aryl methyl sites for hydroxylation is 4. The fraction of sp³-hybridized carbons (Fsp3) is 0.524. The van der Waals surface area contributed by atoms with Crippen LogP contribution >= 0.6 is 0 Å². The lowest BCUT2D eigenvalue weighted by atomic mass is 10.1. The average Bonchev–Trinajstić information content (AvgIpc) is 3.81. The van der Waals surface area contributed by atoms with Crippen molar-refractivity contribution in [2.24, 2.45) is 5.73 Å². The first-order chi connectivity index (χ1) is 27.9. The molecule has 17 heteroatoms. The first kappa shape index (κ1) is 46.3. The van der Waals surface area contributed by atoms with Crippen LogP contribution in [0.1, 0.15) is 114 Å². The summed E-state index contributed by atoms with van der Waals surface area (Å²) in [5, 5.41) is 28.5. The van der Waals surface area contributed by atoms with Gasteiger partial charge in [-0.15, -0.1) is 0 Å². The zero-order valence-electron chi connectivity index (χ0n) is 36.6. The van der Waals surface area contributed by atoms with E-state index in [1.54, 1.807) is 26.5 Å². The molecular formula is C42H63FN14O2. The highest BCUT2D eigenvalue weighted by molar-refractivity contribution is 5.84. The van der Waals surface area contributed by atoms with Gasteiger partial charge in [0.15, 0.2) is 34.0 Å². The molecule has 6 heterocycles. The van der Waals surface area contributed by atoms with Gasteiger partial charge in [-0.2, -0.15) is 24.3 Å². The number of nitrogens with two attached hydrogens (primary N) is 1. The predicted octanol–water partition coefficient (Wildman–Crippen LogP) is 6.88. The Bertz CT molecular complexity index is 2270. The van der Waals surface area contributed by atoms with E-state index in [1.807, 2.05) is 76.1 Å². The molecule has 0 aliphatic heterocycles. The van der Waals surface area contributed by atoms with E-state index in [1.165, 1.54) is 5.56 Å². The number of fused-ring (bicyclic) bond motifs is 2. The van der Waals surface area contributed by atoms with E-state index in [9.17, 15) is 9.50 Å². The maximum Gasteiger partial charge on any atom is 0.312 e. The molecule has 0 radical (unpaired) electrons. The molecule has 6 rings (SSSR count). The fourth-order valence-corrected chi connectivity index (χ4v) is 6.12. The molecule has 0 saturated heterocycles. The van der Waals surface area contributed by atoms with Crippen LogP contribution in [0.3, 0.4) is 0 Å². The van der Waals surface area contributed by atoms with Crippen LogP contribution in [0.25, 0.3) is 22.3 Å². The van der Waals surface area contributed by atoms with Crippen molar-refractivity contribution in [2.75, 3.05) is 16.0 Å². The number of imidazole rings is 2. The molecule has 4 atom stereocenters. The minimum atomic E-state index is -0.763. The molecule has 320 valence electrons. The molecular weight excluding hydrogens is 752 g/mol. The zero-order chi connectivity index (χ0) is 43.6. The topological polar surface area (TPSA) is 216 Å². The monoisotopic (exact) mass is 815 g/mol. The third kappa shape index (κ3) is 12.3. The van der Waals surface area contributed by atoms with Gasteiger partial charge >= 0.3 is 6.08 Å². The smallest absolute Gasteiger partial charge is 0.312 e. The van der Waals surface area contributed by atoms with E-state index in [4.69, 9.17) is 10.8 Å². The fourth-order valence-electron chi connectivity index (χ4n) is 6.12. The molecule has 0 aromatic carbocycles.